The number of carboxylic acid groups (broad SMARTS) is 1. The first-order chi connectivity index (χ1) is 12.1. The standard InChI is InChI=1S/C18H28N2O6/c1-6-24-20(5)26-15(16(21)22)14(12-13-10-8-7-9-11-13)19-17(23)25-18(2,3)4/h7-11,14-15H,6,12H2,1-5H3,(H,19,23)(H,21,22)/t14-,15+/m1/s1. The van der Waals surface area contributed by atoms with Crippen LogP contribution in [0.2, 0.25) is 0 Å². The summed E-state index contributed by atoms with van der Waals surface area (Å²) in [7, 11) is 1.45. The van der Waals surface area contributed by atoms with Crippen LogP contribution in [0.3, 0.4) is 0 Å². The number of alkyl carbamates (subject to hydrolysis) is 1. The second kappa shape index (κ2) is 10.1. The molecule has 0 heterocycles. The fourth-order valence-electron chi connectivity index (χ4n) is 2.22. The molecule has 0 spiro atoms. The van der Waals surface area contributed by atoms with Crippen molar-refractivity contribution >= 4 is 12.1 Å². The highest BCUT2D eigenvalue weighted by Gasteiger charge is 2.34. The van der Waals surface area contributed by atoms with Crippen LogP contribution in [0.1, 0.15) is 33.3 Å². The molecule has 0 radical (unpaired) electrons. The molecular formula is C18H28N2O6. The Kier molecular flexibility index (Phi) is 8.50. The zero-order valence-corrected chi connectivity index (χ0v) is 15.9. The molecule has 0 saturated carbocycles. The third-order valence-corrected chi connectivity index (χ3v) is 3.18. The van der Waals surface area contributed by atoms with Crippen molar-refractivity contribution in [3.63, 3.8) is 0 Å². The van der Waals surface area contributed by atoms with E-state index in [0.717, 1.165) is 10.8 Å². The number of hydroxylamine groups is 2. The maximum absolute atomic E-state index is 12.2. The largest absolute Gasteiger partial charge is 0.479 e. The van der Waals surface area contributed by atoms with Crippen molar-refractivity contribution in [1.82, 2.24) is 10.5 Å². The van der Waals surface area contributed by atoms with Crippen LogP contribution in [-0.4, -0.2) is 53.8 Å². The Bertz CT molecular complexity index is 573. The fourth-order valence-corrected chi connectivity index (χ4v) is 2.22. The van der Waals surface area contributed by atoms with Crippen LogP contribution >= 0.6 is 0 Å². The van der Waals surface area contributed by atoms with Crippen LogP contribution in [0.5, 0.6) is 0 Å². The molecule has 2 atom stereocenters. The summed E-state index contributed by atoms with van der Waals surface area (Å²) in [6.45, 7) is 7.24. The van der Waals surface area contributed by atoms with Crippen molar-refractivity contribution < 1.29 is 29.1 Å². The maximum atomic E-state index is 12.2. The number of benzene rings is 1. The molecule has 0 unspecified atom stereocenters. The minimum atomic E-state index is -1.36. The number of carbonyl (C=O) groups excluding carboxylic acids is 1. The molecule has 1 amide bonds. The second-order valence-electron chi connectivity index (χ2n) is 6.66. The number of carboxylic acids is 1. The van der Waals surface area contributed by atoms with Gasteiger partial charge in [-0.2, -0.15) is 0 Å². The summed E-state index contributed by atoms with van der Waals surface area (Å²) in [4.78, 5) is 34.4. The first-order valence-corrected chi connectivity index (χ1v) is 8.42. The van der Waals surface area contributed by atoms with Crippen LogP contribution in [0.4, 0.5) is 4.79 Å². The van der Waals surface area contributed by atoms with Gasteiger partial charge in [0.1, 0.15) is 5.60 Å². The lowest BCUT2D eigenvalue weighted by atomic mass is 10.0. The Morgan fingerprint density at radius 2 is 1.85 bits per heavy atom. The summed E-state index contributed by atoms with van der Waals surface area (Å²) in [5.74, 6) is -1.23. The lowest BCUT2D eigenvalue weighted by Crippen LogP contribution is -2.52. The van der Waals surface area contributed by atoms with Gasteiger partial charge in [-0.05, 0) is 39.7 Å². The van der Waals surface area contributed by atoms with E-state index >= 15 is 0 Å². The summed E-state index contributed by atoms with van der Waals surface area (Å²) in [5, 5.41) is 13.2. The van der Waals surface area contributed by atoms with Crippen LogP contribution < -0.4 is 5.32 Å². The zero-order chi connectivity index (χ0) is 19.7. The summed E-state index contributed by atoms with van der Waals surface area (Å²) < 4.78 is 5.24. The predicted molar refractivity (Wildman–Crippen MR) is 95.2 cm³/mol. The van der Waals surface area contributed by atoms with Gasteiger partial charge in [0.15, 0.2) is 6.10 Å². The molecule has 0 aliphatic rings. The van der Waals surface area contributed by atoms with Crippen molar-refractivity contribution in [2.24, 2.45) is 0 Å². The zero-order valence-electron chi connectivity index (χ0n) is 15.9. The molecule has 0 fully saturated rings. The van der Waals surface area contributed by atoms with Crippen molar-refractivity contribution in [2.45, 2.75) is 51.9 Å². The normalized spacial score (nSPS) is 13.9. The molecule has 1 rings (SSSR count). The molecule has 0 aromatic heterocycles. The van der Waals surface area contributed by atoms with E-state index in [4.69, 9.17) is 14.4 Å². The van der Waals surface area contributed by atoms with Crippen molar-refractivity contribution in [2.75, 3.05) is 13.7 Å². The Hall–Kier alpha value is -2.16. The average Bonchev–Trinajstić information content (AvgIpc) is 2.51. The molecular weight excluding hydrogens is 340 g/mol. The van der Waals surface area contributed by atoms with Crippen molar-refractivity contribution in [1.29, 1.82) is 0 Å². The lowest BCUT2D eigenvalue weighted by Gasteiger charge is -2.29. The molecule has 8 heteroatoms. The molecule has 0 saturated heterocycles. The Morgan fingerprint density at radius 1 is 1.23 bits per heavy atom. The van der Waals surface area contributed by atoms with Crippen LogP contribution in [0.25, 0.3) is 0 Å². The number of nitrogens with one attached hydrogen (secondary N) is 1. The third-order valence-electron chi connectivity index (χ3n) is 3.18. The number of hydrogen-bond donors (Lipinski definition) is 2. The fraction of sp³-hybridized carbons (Fsp3) is 0.556. The molecule has 0 aliphatic carbocycles. The van der Waals surface area contributed by atoms with Gasteiger partial charge >= 0.3 is 12.1 Å². The Labute approximate surface area is 153 Å². The van der Waals surface area contributed by atoms with E-state index in [-0.39, 0.29) is 6.42 Å². The Morgan fingerprint density at radius 3 is 2.35 bits per heavy atom. The van der Waals surface area contributed by atoms with Gasteiger partial charge in [0, 0.05) is 7.05 Å². The van der Waals surface area contributed by atoms with Gasteiger partial charge in [0.25, 0.3) is 0 Å². The summed E-state index contributed by atoms with van der Waals surface area (Å²) >= 11 is 0. The lowest BCUT2D eigenvalue weighted by molar-refractivity contribution is -0.368. The average molecular weight is 368 g/mol. The number of nitrogens with zero attached hydrogens (tertiary/aromatic N) is 1. The maximum Gasteiger partial charge on any atom is 0.407 e. The quantitative estimate of drug-likeness (QED) is 0.646. The molecule has 2 N–H and O–H groups in total. The van der Waals surface area contributed by atoms with Gasteiger partial charge in [-0.1, -0.05) is 35.6 Å². The van der Waals surface area contributed by atoms with Gasteiger partial charge in [-0.3, -0.25) is 9.68 Å². The highest BCUT2D eigenvalue weighted by atomic mass is 17.0. The number of aliphatic carboxylic acids is 1. The summed E-state index contributed by atoms with van der Waals surface area (Å²) in [6, 6.07) is 8.34. The molecule has 146 valence electrons. The highest BCUT2D eigenvalue weighted by molar-refractivity contribution is 5.75. The van der Waals surface area contributed by atoms with Gasteiger partial charge in [0.05, 0.1) is 12.6 Å². The summed E-state index contributed by atoms with van der Waals surface area (Å²) in [5.41, 5.74) is 0.144. The molecule has 0 bridgehead atoms. The van der Waals surface area contributed by atoms with Gasteiger partial charge in [0.2, 0.25) is 0 Å². The SMILES string of the molecule is CCON(C)O[C@H](C(=O)O)[C@@H](Cc1ccccc1)NC(=O)OC(C)(C)C. The van der Waals surface area contributed by atoms with Crippen LogP contribution in [-0.2, 0) is 25.6 Å². The number of ether oxygens (including phenoxy) is 1. The molecule has 0 aliphatic heterocycles. The molecule has 8 nitrogen and oxygen atoms in total. The van der Waals surface area contributed by atoms with E-state index in [2.05, 4.69) is 5.32 Å². The number of rotatable bonds is 9. The third kappa shape index (κ3) is 8.28. The summed E-state index contributed by atoms with van der Waals surface area (Å²) in [6.07, 6.45) is -1.83. The van der Waals surface area contributed by atoms with E-state index < -0.39 is 29.8 Å². The molecule has 1 aromatic carbocycles. The first-order valence-electron chi connectivity index (χ1n) is 8.42. The second-order valence-corrected chi connectivity index (χ2v) is 6.66. The van der Waals surface area contributed by atoms with Crippen molar-refractivity contribution in [3.8, 4) is 0 Å². The molecule has 26 heavy (non-hydrogen) atoms. The monoisotopic (exact) mass is 368 g/mol. The van der Waals surface area contributed by atoms with E-state index in [0.29, 0.717) is 6.61 Å². The van der Waals surface area contributed by atoms with E-state index in [1.807, 2.05) is 30.3 Å². The Balaban J connectivity index is 2.98. The highest BCUT2D eigenvalue weighted by Crippen LogP contribution is 2.13. The van der Waals surface area contributed by atoms with E-state index in [1.165, 1.54) is 7.05 Å². The van der Waals surface area contributed by atoms with Crippen LogP contribution in [0, 0.1) is 0 Å². The number of amides is 1. The van der Waals surface area contributed by atoms with Gasteiger partial charge in [-0.25, -0.2) is 9.59 Å². The van der Waals surface area contributed by atoms with Gasteiger partial charge in [-0.15, -0.1) is 0 Å². The minimum Gasteiger partial charge on any atom is -0.479 e. The topological polar surface area (TPSA) is 97.3 Å². The number of carbonyl (C=O) groups is 2. The van der Waals surface area contributed by atoms with E-state index in [1.54, 1.807) is 27.7 Å². The predicted octanol–water partition coefficient (Wildman–Crippen LogP) is 2.39. The minimum absolute atomic E-state index is 0.247. The van der Waals surface area contributed by atoms with E-state index in [9.17, 15) is 14.7 Å². The van der Waals surface area contributed by atoms with Gasteiger partial charge < -0.3 is 15.2 Å². The first kappa shape index (κ1) is 21.9. The smallest absolute Gasteiger partial charge is 0.407 e. The van der Waals surface area contributed by atoms with Crippen molar-refractivity contribution in [3.05, 3.63) is 35.9 Å². The molecule has 1 aromatic rings. The van der Waals surface area contributed by atoms with Crippen LogP contribution in [0.15, 0.2) is 30.3 Å². The number of hydrogen-bond acceptors (Lipinski definition) is 6.